The molecular weight excluding hydrogens is 278 g/mol. The predicted molar refractivity (Wildman–Crippen MR) is 87.5 cm³/mol. The van der Waals surface area contributed by atoms with Crippen molar-refractivity contribution in [3.05, 3.63) is 0 Å². The number of piperidine rings is 1. The van der Waals surface area contributed by atoms with Gasteiger partial charge in [-0.25, -0.2) is 0 Å². The molecule has 0 bridgehead atoms. The molecule has 1 N–H and O–H groups in total. The van der Waals surface area contributed by atoms with Gasteiger partial charge in [0.25, 0.3) is 0 Å². The molecule has 2 atom stereocenters. The molecule has 0 unspecified atom stereocenters. The van der Waals surface area contributed by atoms with Gasteiger partial charge in [0.2, 0.25) is 11.8 Å². The largest absolute Gasteiger partial charge is 0.356 e. The maximum Gasteiger partial charge on any atom is 0.224 e. The number of carbonyl (C=O) groups is 2. The second-order valence-corrected chi connectivity index (χ2v) is 6.54. The zero-order valence-electron chi connectivity index (χ0n) is 14.1. The molecule has 2 fully saturated rings. The minimum absolute atomic E-state index is 0.154. The van der Waals surface area contributed by atoms with Crippen LogP contribution in [0.1, 0.15) is 52.4 Å². The molecule has 5 heteroatoms. The zero-order chi connectivity index (χ0) is 15.9. The first-order valence-electron chi connectivity index (χ1n) is 8.95. The number of hydrogen-bond acceptors (Lipinski definition) is 3. The Kier molecular flexibility index (Phi) is 6.68. The van der Waals surface area contributed by atoms with E-state index in [9.17, 15) is 9.59 Å². The monoisotopic (exact) mass is 309 g/mol. The van der Waals surface area contributed by atoms with Crippen LogP contribution in [0.3, 0.4) is 0 Å². The second kappa shape index (κ2) is 8.51. The summed E-state index contributed by atoms with van der Waals surface area (Å²) in [4.78, 5) is 28.5. The van der Waals surface area contributed by atoms with Crippen molar-refractivity contribution in [3.8, 4) is 0 Å². The summed E-state index contributed by atoms with van der Waals surface area (Å²) in [5.74, 6) is 0.531. The molecule has 0 radical (unpaired) electrons. The summed E-state index contributed by atoms with van der Waals surface area (Å²) in [5.41, 5.74) is 0. The summed E-state index contributed by atoms with van der Waals surface area (Å²) in [6.45, 7) is 8.23. The van der Waals surface area contributed by atoms with Crippen LogP contribution >= 0.6 is 0 Å². The minimum Gasteiger partial charge on any atom is -0.356 e. The van der Waals surface area contributed by atoms with Gasteiger partial charge < -0.3 is 10.2 Å². The van der Waals surface area contributed by atoms with Gasteiger partial charge in [0.15, 0.2) is 0 Å². The van der Waals surface area contributed by atoms with E-state index in [1.165, 1.54) is 19.3 Å². The van der Waals surface area contributed by atoms with Crippen LogP contribution < -0.4 is 5.32 Å². The van der Waals surface area contributed by atoms with Gasteiger partial charge in [-0.2, -0.15) is 0 Å². The van der Waals surface area contributed by atoms with Gasteiger partial charge in [-0.3, -0.25) is 14.5 Å². The SMILES string of the molecule is CCN(CC)C(=O)CCCNC(=O)[C@@H]1C[C@@H]2CCCCN2C1. The highest BCUT2D eigenvalue weighted by Gasteiger charge is 2.36. The highest BCUT2D eigenvalue weighted by Crippen LogP contribution is 2.30. The van der Waals surface area contributed by atoms with Gasteiger partial charge in [-0.1, -0.05) is 6.42 Å². The second-order valence-electron chi connectivity index (χ2n) is 6.54. The van der Waals surface area contributed by atoms with Crippen molar-refractivity contribution in [2.75, 3.05) is 32.7 Å². The molecule has 126 valence electrons. The molecule has 2 amide bonds. The Morgan fingerprint density at radius 1 is 1.23 bits per heavy atom. The Morgan fingerprint density at radius 2 is 2.00 bits per heavy atom. The molecule has 2 saturated heterocycles. The van der Waals surface area contributed by atoms with Crippen LogP contribution in [0.5, 0.6) is 0 Å². The van der Waals surface area contributed by atoms with Crippen LogP contribution in [0, 0.1) is 5.92 Å². The third-order valence-electron chi connectivity index (χ3n) is 5.11. The molecule has 0 aromatic carbocycles. The highest BCUT2D eigenvalue weighted by molar-refractivity contribution is 5.79. The van der Waals surface area contributed by atoms with Crippen molar-refractivity contribution in [2.24, 2.45) is 5.92 Å². The molecule has 0 spiro atoms. The van der Waals surface area contributed by atoms with Crippen molar-refractivity contribution in [2.45, 2.75) is 58.4 Å². The number of nitrogens with zero attached hydrogens (tertiary/aromatic N) is 2. The van der Waals surface area contributed by atoms with Crippen LogP contribution in [0.2, 0.25) is 0 Å². The van der Waals surface area contributed by atoms with Crippen molar-refractivity contribution < 1.29 is 9.59 Å². The van der Waals surface area contributed by atoms with E-state index in [0.29, 0.717) is 19.0 Å². The standard InChI is InChI=1S/C17H31N3O2/c1-3-19(4-2)16(21)9-7-10-18-17(22)14-12-15-8-5-6-11-20(15)13-14/h14-15H,3-13H2,1-2H3,(H,18,22)/t14-,15+/m1/s1. The number of nitrogens with one attached hydrogen (secondary N) is 1. The molecule has 0 saturated carbocycles. The fourth-order valence-corrected chi connectivity index (χ4v) is 3.77. The van der Waals surface area contributed by atoms with E-state index in [4.69, 9.17) is 0 Å². The van der Waals surface area contributed by atoms with Gasteiger partial charge in [0, 0.05) is 38.6 Å². The number of fused-ring (bicyclic) bond motifs is 1. The molecule has 5 nitrogen and oxygen atoms in total. The number of amides is 2. The van der Waals surface area contributed by atoms with Crippen molar-refractivity contribution in [1.82, 2.24) is 15.1 Å². The maximum absolute atomic E-state index is 12.2. The van der Waals surface area contributed by atoms with Gasteiger partial charge >= 0.3 is 0 Å². The topological polar surface area (TPSA) is 52.7 Å². The Labute approximate surface area is 134 Å². The molecule has 0 aliphatic carbocycles. The van der Waals surface area contributed by atoms with E-state index >= 15 is 0 Å². The van der Waals surface area contributed by atoms with E-state index in [0.717, 1.165) is 39.0 Å². The first kappa shape index (κ1) is 17.3. The molecule has 2 aliphatic rings. The van der Waals surface area contributed by atoms with Gasteiger partial charge in [-0.15, -0.1) is 0 Å². The summed E-state index contributed by atoms with van der Waals surface area (Å²) in [5, 5.41) is 3.03. The van der Waals surface area contributed by atoms with Crippen LogP contribution in [0.15, 0.2) is 0 Å². The Balaban J connectivity index is 1.63. The average Bonchev–Trinajstić information content (AvgIpc) is 2.96. The van der Waals surface area contributed by atoms with E-state index in [1.807, 2.05) is 18.7 Å². The number of hydrogen-bond donors (Lipinski definition) is 1. The summed E-state index contributed by atoms with van der Waals surface area (Å²) in [6.07, 6.45) is 6.12. The van der Waals surface area contributed by atoms with Crippen molar-refractivity contribution >= 4 is 11.8 Å². The quantitative estimate of drug-likeness (QED) is 0.727. The van der Waals surface area contributed by atoms with E-state index < -0.39 is 0 Å². The van der Waals surface area contributed by atoms with Crippen LogP contribution in [0.4, 0.5) is 0 Å². The first-order chi connectivity index (χ1) is 10.7. The third kappa shape index (κ3) is 4.45. The number of carbonyl (C=O) groups excluding carboxylic acids is 2. The lowest BCUT2D eigenvalue weighted by Crippen LogP contribution is -2.36. The average molecular weight is 309 g/mol. The lowest BCUT2D eigenvalue weighted by molar-refractivity contribution is -0.131. The van der Waals surface area contributed by atoms with Gasteiger partial charge in [-0.05, 0) is 46.1 Å². The van der Waals surface area contributed by atoms with E-state index in [1.54, 1.807) is 0 Å². The fourth-order valence-electron chi connectivity index (χ4n) is 3.77. The molecule has 0 aromatic heterocycles. The summed E-state index contributed by atoms with van der Waals surface area (Å²) in [6, 6.07) is 0.633. The Morgan fingerprint density at radius 3 is 2.68 bits per heavy atom. The van der Waals surface area contributed by atoms with Crippen LogP contribution in [-0.4, -0.2) is 60.4 Å². The molecule has 0 aromatic rings. The van der Waals surface area contributed by atoms with E-state index in [-0.39, 0.29) is 17.7 Å². The molecular formula is C17H31N3O2. The maximum atomic E-state index is 12.2. The normalized spacial score (nSPS) is 24.8. The Hall–Kier alpha value is -1.10. The molecule has 22 heavy (non-hydrogen) atoms. The smallest absolute Gasteiger partial charge is 0.224 e. The lowest BCUT2D eigenvalue weighted by Gasteiger charge is -2.28. The fraction of sp³-hybridized carbons (Fsp3) is 0.882. The number of rotatable bonds is 7. The summed E-state index contributed by atoms with van der Waals surface area (Å²) >= 11 is 0. The van der Waals surface area contributed by atoms with Crippen molar-refractivity contribution in [3.63, 3.8) is 0 Å². The third-order valence-corrected chi connectivity index (χ3v) is 5.11. The van der Waals surface area contributed by atoms with Crippen LogP contribution in [0.25, 0.3) is 0 Å². The summed E-state index contributed by atoms with van der Waals surface area (Å²) < 4.78 is 0. The lowest BCUT2D eigenvalue weighted by atomic mass is 9.99. The first-order valence-corrected chi connectivity index (χ1v) is 8.95. The van der Waals surface area contributed by atoms with Crippen molar-refractivity contribution in [1.29, 1.82) is 0 Å². The summed E-state index contributed by atoms with van der Waals surface area (Å²) in [7, 11) is 0. The molecule has 2 rings (SSSR count). The van der Waals surface area contributed by atoms with E-state index in [2.05, 4.69) is 10.2 Å². The van der Waals surface area contributed by atoms with Gasteiger partial charge in [0.1, 0.15) is 0 Å². The molecule has 2 heterocycles. The van der Waals surface area contributed by atoms with Crippen LogP contribution in [-0.2, 0) is 9.59 Å². The zero-order valence-corrected chi connectivity index (χ0v) is 14.1. The Bertz CT molecular complexity index is 368. The van der Waals surface area contributed by atoms with Gasteiger partial charge in [0.05, 0.1) is 5.92 Å². The predicted octanol–water partition coefficient (Wildman–Crippen LogP) is 1.63. The minimum atomic E-state index is 0.154. The highest BCUT2D eigenvalue weighted by atomic mass is 16.2. The molecule has 2 aliphatic heterocycles.